The highest BCUT2D eigenvalue weighted by Crippen LogP contribution is 2.21. The van der Waals surface area contributed by atoms with Crippen LogP contribution >= 0.6 is 31.9 Å². The number of nitrogens with one attached hydrogen (secondary N) is 1. The van der Waals surface area contributed by atoms with Gasteiger partial charge in [0.25, 0.3) is 5.91 Å². The van der Waals surface area contributed by atoms with Gasteiger partial charge < -0.3 is 5.32 Å². The summed E-state index contributed by atoms with van der Waals surface area (Å²) in [7, 11) is 0. The normalized spacial score (nSPS) is 15.1. The van der Waals surface area contributed by atoms with Gasteiger partial charge in [-0.1, -0.05) is 31.9 Å². The number of nitrogens with zero attached hydrogens (tertiary/aromatic N) is 1. The first kappa shape index (κ1) is 11.6. The lowest BCUT2D eigenvalue weighted by Crippen LogP contribution is -2.34. The Morgan fingerprint density at radius 3 is 2.38 bits per heavy atom. The second-order valence-electron chi connectivity index (χ2n) is 3.35. The highest BCUT2D eigenvalue weighted by molar-refractivity contribution is 9.11. The van der Waals surface area contributed by atoms with Gasteiger partial charge in [0.1, 0.15) is 0 Å². The summed E-state index contributed by atoms with van der Waals surface area (Å²) in [4.78, 5) is 24.5. The fourth-order valence-corrected chi connectivity index (χ4v) is 2.79. The number of rotatable bonds is 1. The van der Waals surface area contributed by atoms with Gasteiger partial charge in [-0.25, -0.2) is 4.79 Å². The van der Waals surface area contributed by atoms with E-state index in [-0.39, 0.29) is 11.9 Å². The van der Waals surface area contributed by atoms with Crippen LogP contribution in [-0.4, -0.2) is 29.9 Å². The van der Waals surface area contributed by atoms with Crippen molar-refractivity contribution < 1.29 is 9.59 Å². The third kappa shape index (κ3) is 2.27. The second-order valence-corrected chi connectivity index (χ2v) is 5.18. The molecule has 0 bridgehead atoms. The van der Waals surface area contributed by atoms with Crippen LogP contribution in [0.3, 0.4) is 0 Å². The summed E-state index contributed by atoms with van der Waals surface area (Å²) in [5.41, 5.74) is 0.485. The number of amides is 3. The molecule has 1 saturated heterocycles. The highest BCUT2D eigenvalue weighted by Gasteiger charge is 2.27. The SMILES string of the molecule is O=C1NCCN1C(=O)c1cc(Br)cc(Br)c1. The number of urea groups is 1. The van der Waals surface area contributed by atoms with Crippen LogP contribution in [0.2, 0.25) is 0 Å². The molecule has 1 aliphatic rings. The Labute approximate surface area is 109 Å². The Morgan fingerprint density at radius 1 is 1.25 bits per heavy atom. The van der Waals surface area contributed by atoms with Gasteiger partial charge >= 0.3 is 6.03 Å². The molecule has 1 aliphatic heterocycles. The van der Waals surface area contributed by atoms with Crippen molar-refractivity contribution in [3.05, 3.63) is 32.7 Å². The van der Waals surface area contributed by atoms with Gasteiger partial charge in [0, 0.05) is 27.6 Å². The largest absolute Gasteiger partial charge is 0.336 e. The monoisotopic (exact) mass is 346 g/mol. The topological polar surface area (TPSA) is 49.4 Å². The van der Waals surface area contributed by atoms with Crippen LogP contribution in [0.5, 0.6) is 0 Å². The number of halogens is 2. The molecule has 16 heavy (non-hydrogen) atoms. The molecular formula is C10H8Br2N2O2. The van der Waals surface area contributed by atoms with Crippen molar-refractivity contribution in [1.82, 2.24) is 10.2 Å². The first-order chi connectivity index (χ1) is 7.58. The number of carbonyl (C=O) groups excluding carboxylic acids is 2. The van der Waals surface area contributed by atoms with Crippen molar-refractivity contribution in [3.63, 3.8) is 0 Å². The first-order valence-electron chi connectivity index (χ1n) is 4.64. The van der Waals surface area contributed by atoms with Crippen molar-refractivity contribution in [2.45, 2.75) is 0 Å². The zero-order chi connectivity index (χ0) is 11.7. The molecule has 1 N–H and O–H groups in total. The first-order valence-corrected chi connectivity index (χ1v) is 6.22. The summed E-state index contributed by atoms with van der Waals surface area (Å²) in [5, 5.41) is 2.59. The average molecular weight is 348 g/mol. The lowest BCUT2D eigenvalue weighted by Gasteiger charge is -2.12. The molecular weight excluding hydrogens is 340 g/mol. The standard InChI is InChI=1S/C10H8Br2N2O2/c11-7-3-6(4-8(12)5-7)9(15)14-2-1-13-10(14)16/h3-5H,1-2H2,(H,13,16). The Morgan fingerprint density at radius 2 is 1.88 bits per heavy atom. The zero-order valence-corrected chi connectivity index (χ0v) is 11.3. The average Bonchev–Trinajstić information content (AvgIpc) is 2.62. The predicted octanol–water partition coefficient (Wildman–Crippen LogP) is 2.38. The fraction of sp³-hybridized carbons (Fsp3) is 0.200. The molecule has 1 aromatic rings. The third-order valence-corrected chi connectivity index (χ3v) is 3.13. The van der Waals surface area contributed by atoms with E-state index in [4.69, 9.17) is 0 Å². The van der Waals surface area contributed by atoms with Crippen LogP contribution in [-0.2, 0) is 0 Å². The molecule has 1 aromatic carbocycles. The molecule has 0 spiro atoms. The zero-order valence-electron chi connectivity index (χ0n) is 8.17. The smallest absolute Gasteiger partial charge is 0.324 e. The van der Waals surface area contributed by atoms with Gasteiger partial charge in [-0.15, -0.1) is 0 Å². The van der Waals surface area contributed by atoms with Crippen molar-refractivity contribution in [2.24, 2.45) is 0 Å². The van der Waals surface area contributed by atoms with Gasteiger partial charge in [0.05, 0.1) is 0 Å². The second kappa shape index (κ2) is 4.55. The van der Waals surface area contributed by atoms with E-state index in [9.17, 15) is 9.59 Å². The molecule has 6 heteroatoms. The molecule has 84 valence electrons. The summed E-state index contributed by atoms with van der Waals surface area (Å²) in [6, 6.07) is 4.89. The van der Waals surface area contributed by atoms with Crippen LogP contribution in [0.15, 0.2) is 27.1 Å². The van der Waals surface area contributed by atoms with E-state index in [1.54, 1.807) is 12.1 Å². The summed E-state index contributed by atoms with van der Waals surface area (Å²) in [6.07, 6.45) is 0. The van der Waals surface area contributed by atoms with Crippen LogP contribution in [0, 0.1) is 0 Å². The molecule has 2 rings (SSSR count). The Kier molecular flexibility index (Phi) is 3.30. The molecule has 0 atom stereocenters. The van der Waals surface area contributed by atoms with Crippen molar-refractivity contribution >= 4 is 43.8 Å². The minimum Gasteiger partial charge on any atom is -0.336 e. The van der Waals surface area contributed by atoms with E-state index in [2.05, 4.69) is 37.2 Å². The van der Waals surface area contributed by atoms with E-state index in [1.165, 1.54) is 4.90 Å². The van der Waals surface area contributed by atoms with Crippen LogP contribution in [0.1, 0.15) is 10.4 Å². The molecule has 1 heterocycles. The van der Waals surface area contributed by atoms with Gasteiger partial charge in [0.2, 0.25) is 0 Å². The molecule has 0 radical (unpaired) electrons. The molecule has 3 amide bonds. The van der Waals surface area contributed by atoms with Crippen LogP contribution in [0.4, 0.5) is 4.79 Å². The summed E-state index contributed by atoms with van der Waals surface area (Å²) < 4.78 is 1.59. The number of benzene rings is 1. The number of hydrogen-bond acceptors (Lipinski definition) is 2. The molecule has 0 aromatic heterocycles. The van der Waals surface area contributed by atoms with Gasteiger partial charge in [-0.2, -0.15) is 0 Å². The summed E-state index contributed by atoms with van der Waals surface area (Å²) >= 11 is 6.61. The van der Waals surface area contributed by atoms with Crippen molar-refractivity contribution in [2.75, 3.05) is 13.1 Å². The van der Waals surface area contributed by atoms with E-state index < -0.39 is 0 Å². The van der Waals surface area contributed by atoms with Gasteiger partial charge in [-0.3, -0.25) is 9.69 Å². The lowest BCUT2D eigenvalue weighted by molar-refractivity contribution is 0.0829. The summed E-state index contributed by atoms with van der Waals surface area (Å²) in [6.45, 7) is 0.932. The van der Waals surface area contributed by atoms with Gasteiger partial charge in [0.15, 0.2) is 0 Å². The Bertz CT molecular complexity index is 442. The van der Waals surface area contributed by atoms with E-state index >= 15 is 0 Å². The molecule has 1 fully saturated rings. The Hall–Kier alpha value is -0.880. The molecule has 0 aliphatic carbocycles. The number of imide groups is 1. The maximum atomic E-state index is 12.0. The fourth-order valence-electron chi connectivity index (χ4n) is 1.50. The van der Waals surface area contributed by atoms with Crippen molar-refractivity contribution in [3.8, 4) is 0 Å². The molecule has 0 unspecified atom stereocenters. The Balaban J connectivity index is 2.30. The quantitative estimate of drug-likeness (QED) is 0.847. The third-order valence-electron chi connectivity index (χ3n) is 2.21. The van der Waals surface area contributed by atoms with Crippen LogP contribution in [0.25, 0.3) is 0 Å². The van der Waals surface area contributed by atoms with Crippen molar-refractivity contribution in [1.29, 1.82) is 0 Å². The van der Waals surface area contributed by atoms with Gasteiger partial charge in [-0.05, 0) is 18.2 Å². The summed E-state index contributed by atoms with van der Waals surface area (Å²) in [5.74, 6) is -0.281. The van der Waals surface area contributed by atoms with E-state index in [0.29, 0.717) is 18.7 Å². The van der Waals surface area contributed by atoms with E-state index in [0.717, 1.165) is 8.95 Å². The number of carbonyl (C=O) groups is 2. The predicted molar refractivity (Wildman–Crippen MR) is 66.3 cm³/mol. The minimum atomic E-state index is -0.332. The maximum Gasteiger partial charge on any atom is 0.324 e. The lowest BCUT2D eigenvalue weighted by atomic mass is 10.2. The molecule has 0 saturated carbocycles. The van der Waals surface area contributed by atoms with Crippen LogP contribution < -0.4 is 5.32 Å². The maximum absolute atomic E-state index is 12.0. The van der Waals surface area contributed by atoms with E-state index in [1.807, 2.05) is 6.07 Å². The highest BCUT2D eigenvalue weighted by atomic mass is 79.9. The minimum absolute atomic E-state index is 0.281. The molecule has 4 nitrogen and oxygen atoms in total. The number of hydrogen-bond donors (Lipinski definition) is 1.